The van der Waals surface area contributed by atoms with Crippen molar-refractivity contribution in [2.24, 2.45) is 5.92 Å². The molecule has 1 fully saturated rings. The van der Waals surface area contributed by atoms with Gasteiger partial charge in [-0.3, -0.25) is 4.79 Å². The molecule has 0 unspecified atom stereocenters. The number of carboxylic acids is 1. The Morgan fingerprint density at radius 1 is 1.29 bits per heavy atom. The molecule has 0 radical (unpaired) electrons. The third-order valence-corrected chi connectivity index (χ3v) is 4.35. The second-order valence-electron chi connectivity index (χ2n) is 6.03. The maximum atomic E-state index is 12.3. The molecule has 0 bridgehead atoms. The van der Waals surface area contributed by atoms with Crippen LogP contribution in [0.2, 0.25) is 0 Å². The number of aryl methyl sites for hydroxylation is 1. The Hall–Kier alpha value is -2.04. The smallest absolute Gasteiger partial charge is 0.329 e. The molecule has 0 atom stereocenters. The van der Waals surface area contributed by atoms with Gasteiger partial charge in [-0.2, -0.15) is 0 Å². The van der Waals surface area contributed by atoms with Gasteiger partial charge in [0.05, 0.1) is 0 Å². The Morgan fingerprint density at radius 2 is 1.90 bits per heavy atom. The highest BCUT2D eigenvalue weighted by molar-refractivity contribution is 5.98. The molecule has 1 aliphatic carbocycles. The molecule has 0 saturated heterocycles. The summed E-state index contributed by atoms with van der Waals surface area (Å²) in [5.41, 5.74) is -0.219. The fourth-order valence-electron chi connectivity index (χ4n) is 2.73. The number of hydrogen-bond donors (Lipinski definition) is 3. The van der Waals surface area contributed by atoms with Crippen LogP contribution in [-0.2, 0) is 4.79 Å². The van der Waals surface area contributed by atoms with Crippen molar-refractivity contribution in [2.45, 2.75) is 45.1 Å². The SMILES string of the molecule is Cc1cc(C(=O)NC2(C(=O)O)CCC(C)CC2)ccc1O. The van der Waals surface area contributed by atoms with E-state index in [0.717, 1.165) is 12.8 Å². The molecule has 3 N–H and O–H groups in total. The van der Waals surface area contributed by atoms with Crippen molar-refractivity contribution in [3.63, 3.8) is 0 Å². The summed E-state index contributed by atoms with van der Waals surface area (Å²) in [5, 5.41) is 21.7. The number of carbonyl (C=O) groups excluding carboxylic acids is 1. The first-order chi connectivity index (χ1) is 9.84. The molecule has 1 aromatic carbocycles. The summed E-state index contributed by atoms with van der Waals surface area (Å²) in [6, 6.07) is 4.50. The summed E-state index contributed by atoms with van der Waals surface area (Å²) in [4.78, 5) is 23.9. The third kappa shape index (κ3) is 3.17. The largest absolute Gasteiger partial charge is 0.508 e. The van der Waals surface area contributed by atoms with Crippen LogP contribution in [-0.4, -0.2) is 27.6 Å². The Kier molecular flexibility index (Phi) is 4.21. The number of carbonyl (C=O) groups is 2. The van der Waals surface area contributed by atoms with E-state index in [4.69, 9.17) is 0 Å². The van der Waals surface area contributed by atoms with Gasteiger partial charge in [0.2, 0.25) is 0 Å². The van der Waals surface area contributed by atoms with Crippen molar-refractivity contribution < 1.29 is 19.8 Å². The molecule has 1 saturated carbocycles. The Morgan fingerprint density at radius 3 is 2.43 bits per heavy atom. The number of aromatic hydroxyl groups is 1. The van der Waals surface area contributed by atoms with Crippen molar-refractivity contribution >= 4 is 11.9 Å². The minimum atomic E-state index is -1.17. The van der Waals surface area contributed by atoms with Crippen LogP contribution in [0.25, 0.3) is 0 Å². The van der Waals surface area contributed by atoms with Crippen molar-refractivity contribution in [3.05, 3.63) is 29.3 Å². The van der Waals surface area contributed by atoms with E-state index in [2.05, 4.69) is 12.2 Å². The number of nitrogens with one attached hydrogen (secondary N) is 1. The van der Waals surface area contributed by atoms with E-state index in [1.54, 1.807) is 13.0 Å². The first-order valence-corrected chi connectivity index (χ1v) is 7.19. The van der Waals surface area contributed by atoms with Crippen LogP contribution in [0.4, 0.5) is 0 Å². The first kappa shape index (κ1) is 15.4. The molecular weight excluding hydrogens is 270 g/mol. The zero-order valence-corrected chi connectivity index (χ0v) is 12.3. The fraction of sp³-hybridized carbons (Fsp3) is 0.500. The van der Waals surface area contributed by atoms with Gasteiger partial charge in [0.15, 0.2) is 0 Å². The number of amides is 1. The molecule has 5 heteroatoms. The molecule has 0 heterocycles. The van der Waals surface area contributed by atoms with Crippen LogP contribution in [0.5, 0.6) is 5.75 Å². The Balaban J connectivity index is 2.19. The maximum Gasteiger partial charge on any atom is 0.329 e. The van der Waals surface area contributed by atoms with Gasteiger partial charge in [-0.25, -0.2) is 4.79 Å². The molecule has 1 amide bonds. The lowest BCUT2D eigenvalue weighted by atomic mass is 9.77. The summed E-state index contributed by atoms with van der Waals surface area (Å²) in [5.74, 6) is -0.774. The topological polar surface area (TPSA) is 86.6 Å². The Bertz CT molecular complexity index is 559. The van der Waals surface area contributed by atoms with E-state index < -0.39 is 17.4 Å². The highest BCUT2D eigenvalue weighted by atomic mass is 16.4. The lowest BCUT2D eigenvalue weighted by Gasteiger charge is -2.36. The molecule has 1 aliphatic rings. The van der Waals surface area contributed by atoms with Crippen molar-refractivity contribution in [1.29, 1.82) is 0 Å². The van der Waals surface area contributed by atoms with Crippen LogP contribution < -0.4 is 5.32 Å². The normalized spacial score (nSPS) is 25.3. The monoisotopic (exact) mass is 291 g/mol. The van der Waals surface area contributed by atoms with Crippen LogP contribution in [0.15, 0.2) is 18.2 Å². The van der Waals surface area contributed by atoms with E-state index in [1.807, 2.05) is 0 Å². The summed E-state index contributed by atoms with van der Waals surface area (Å²) in [6.45, 7) is 3.79. The minimum absolute atomic E-state index is 0.117. The highest BCUT2D eigenvalue weighted by Gasteiger charge is 2.42. The standard InChI is InChI=1S/C16H21NO4/c1-10-5-7-16(8-6-10,15(20)21)17-14(19)12-3-4-13(18)11(2)9-12/h3-4,9-10,18H,5-8H2,1-2H3,(H,17,19)(H,20,21). The number of benzene rings is 1. The van der Waals surface area contributed by atoms with Crippen LogP contribution in [0.3, 0.4) is 0 Å². The second kappa shape index (κ2) is 5.76. The summed E-state index contributed by atoms with van der Waals surface area (Å²) < 4.78 is 0. The van der Waals surface area contributed by atoms with E-state index >= 15 is 0 Å². The van der Waals surface area contributed by atoms with Crippen molar-refractivity contribution in [3.8, 4) is 5.75 Å². The minimum Gasteiger partial charge on any atom is -0.508 e. The molecule has 0 aliphatic heterocycles. The van der Waals surface area contributed by atoms with Gasteiger partial charge in [-0.15, -0.1) is 0 Å². The van der Waals surface area contributed by atoms with E-state index in [-0.39, 0.29) is 5.75 Å². The summed E-state index contributed by atoms with van der Waals surface area (Å²) in [7, 11) is 0. The van der Waals surface area contributed by atoms with Gasteiger partial charge in [-0.1, -0.05) is 6.92 Å². The van der Waals surface area contributed by atoms with Crippen LogP contribution in [0.1, 0.15) is 48.5 Å². The molecule has 1 aromatic rings. The number of carboxylic acid groups (broad SMARTS) is 1. The van der Waals surface area contributed by atoms with E-state index in [1.165, 1.54) is 12.1 Å². The average Bonchev–Trinajstić information content (AvgIpc) is 2.44. The molecule has 0 spiro atoms. The van der Waals surface area contributed by atoms with Crippen molar-refractivity contribution in [1.82, 2.24) is 5.32 Å². The number of phenols is 1. The summed E-state index contributed by atoms with van der Waals surface area (Å²) in [6.07, 6.45) is 2.49. The molecular formula is C16H21NO4. The van der Waals surface area contributed by atoms with E-state index in [9.17, 15) is 19.8 Å². The number of phenolic OH excluding ortho intramolecular Hbond substituents is 1. The highest BCUT2D eigenvalue weighted by Crippen LogP contribution is 2.32. The first-order valence-electron chi connectivity index (χ1n) is 7.19. The fourth-order valence-corrected chi connectivity index (χ4v) is 2.73. The number of rotatable bonds is 3. The van der Waals surface area contributed by atoms with Gasteiger partial charge in [0.1, 0.15) is 11.3 Å². The summed E-state index contributed by atoms with van der Waals surface area (Å²) >= 11 is 0. The molecule has 2 rings (SSSR count). The average molecular weight is 291 g/mol. The lowest BCUT2D eigenvalue weighted by molar-refractivity contribution is -0.146. The quantitative estimate of drug-likeness (QED) is 0.798. The molecule has 0 aromatic heterocycles. The maximum absolute atomic E-state index is 12.3. The van der Waals surface area contributed by atoms with Crippen LogP contribution in [0, 0.1) is 12.8 Å². The molecule has 5 nitrogen and oxygen atoms in total. The Labute approximate surface area is 124 Å². The van der Waals surface area contributed by atoms with Gasteiger partial charge in [0.25, 0.3) is 5.91 Å². The zero-order chi connectivity index (χ0) is 15.6. The molecule has 21 heavy (non-hydrogen) atoms. The second-order valence-corrected chi connectivity index (χ2v) is 6.03. The van der Waals surface area contributed by atoms with Gasteiger partial charge < -0.3 is 15.5 Å². The number of aliphatic carboxylic acids is 1. The zero-order valence-electron chi connectivity index (χ0n) is 12.3. The van der Waals surface area contributed by atoms with E-state index in [0.29, 0.717) is 29.9 Å². The van der Waals surface area contributed by atoms with Gasteiger partial charge in [-0.05, 0) is 62.3 Å². The third-order valence-electron chi connectivity index (χ3n) is 4.35. The van der Waals surface area contributed by atoms with Crippen molar-refractivity contribution in [2.75, 3.05) is 0 Å². The van der Waals surface area contributed by atoms with Gasteiger partial charge in [0, 0.05) is 5.56 Å². The van der Waals surface area contributed by atoms with Gasteiger partial charge >= 0.3 is 5.97 Å². The predicted octanol–water partition coefficient (Wildman–Crippen LogP) is 2.46. The van der Waals surface area contributed by atoms with Crippen LogP contribution >= 0.6 is 0 Å². The number of hydrogen-bond acceptors (Lipinski definition) is 3. The lowest BCUT2D eigenvalue weighted by Crippen LogP contribution is -2.56. The molecule has 114 valence electrons. The predicted molar refractivity (Wildman–Crippen MR) is 78.3 cm³/mol.